The molecule has 3 heterocycles. The van der Waals surface area contributed by atoms with Crippen molar-refractivity contribution in [2.24, 2.45) is 0 Å². The van der Waals surface area contributed by atoms with Gasteiger partial charge in [-0.05, 0) is 25.3 Å². The molecule has 5 rings (SSSR count). The predicted molar refractivity (Wildman–Crippen MR) is 118 cm³/mol. The minimum atomic E-state index is -1.31. The number of aromatic carboxylic acids is 1. The van der Waals surface area contributed by atoms with E-state index in [1.165, 1.54) is 12.3 Å². The lowest BCUT2D eigenvalue weighted by Crippen LogP contribution is -2.42. The standard InChI is InChI=1S/C21H23ClFN3O3S/c22-17-18-14(20(27)15(21(28)29)11-26(18)12-1-2-12)9-16(23)19(17)25-4-3-13(10-25)24-5-7-30-8-6-24/h9,11-13H,1-8,10H2,(H,28,29). The number of hydrogen-bond acceptors (Lipinski definition) is 5. The van der Waals surface area contributed by atoms with Crippen molar-refractivity contribution in [3.8, 4) is 0 Å². The Labute approximate surface area is 182 Å². The summed E-state index contributed by atoms with van der Waals surface area (Å²) in [5.41, 5.74) is -0.257. The Hall–Kier alpha value is -1.77. The van der Waals surface area contributed by atoms with E-state index >= 15 is 4.39 Å². The minimum Gasteiger partial charge on any atom is -0.477 e. The van der Waals surface area contributed by atoms with Gasteiger partial charge in [-0.15, -0.1) is 0 Å². The Balaban J connectivity index is 1.58. The van der Waals surface area contributed by atoms with Crippen molar-refractivity contribution in [1.82, 2.24) is 9.47 Å². The van der Waals surface area contributed by atoms with Crippen LogP contribution in [0.25, 0.3) is 10.9 Å². The summed E-state index contributed by atoms with van der Waals surface area (Å²) in [4.78, 5) is 28.7. The Morgan fingerprint density at radius 1 is 1.17 bits per heavy atom. The lowest BCUT2D eigenvalue weighted by molar-refractivity contribution is 0.0695. The van der Waals surface area contributed by atoms with E-state index in [9.17, 15) is 14.7 Å². The van der Waals surface area contributed by atoms with Crippen LogP contribution in [0.1, 0.15) is 35.7 Å². The van der Waals surface area contributed by atoms with Crippen molar-refractivity contribution in [3.05, 3.63) is 38.9 Å². The molecule has 2 aromatic rings. The number of thioether (sulfide) groups is 1. The molecule has 1 aromatic heterocycles. The molecule has 6 nitrogen and oxygen atoms in total. The Morgan fingerprint density at radius 2 is 1.90 bits per heavy atom. The number of rotatable bonds is 4. The third-order valence-corrected chi connectivity index (χ3v) is 7.70. The van der Waals surface area contributed by atoms with Gasteiger partial charge in [0.1, 0.15) is 11.4 Å². The minimum absolute atomic E-state index is 0.0388. The van der Waals surface area contributed by atoms with Gasteiger partial charge in [0, 0.05) is 56.0 Å². The molecule has 0 radical (unpaired) electrons. The van der Waals surface area contributed by atoms with Crippen molar-refractivity contribution in [2.45, 2.75) is 31.3 Å². The molecule has 0 amide bonds. The van der Waals surface area contributed by atoms with Gasteiger partial charge in [-0.2, -0.15) is 11.8 Å². The summed E-state index contributed by atoms with van der Waals surface area (Å²) in [6, 6.07) is 1.64. The largest absolute Gasteiger partial charge is 0.477 e. The molecule has 2 aliphatic heterocycles. The van der Waals surface area contributed by atoms with E-state index in [0.29, 0.717) is 30.3 Å². The van der Waals surface area contributed by atoms with Gasteiger partial charge in [-0.3, -0.25) is 9.69 Å². The number of pyridine rings is 1. The summed E-state index contributed by atoms with van der Waals surface area (Å²) in [7, 11) is 0. The highest BCUT2D eigenvalue weighted by Gasteiger charge is 2.34. The van der Waals surface area contributed by atoms with E-state index in [1.807, 2.05) is 16.7 Å². The van der Waals surface area contributed by atoms with Gasteiger partial charge in [0.15, 0.2) is 0 Å². The van der Waals surface area contributed by atoms with Gasteiger partial charge in [0.25, 0.3) is 0 Å². The van der Waals surface area contributed by atoms with Crippen LogP contribution in [0.3, 0.4) is 0 Å². The fourth-order valence-corrected chi connectivity index (χ4v) is 6.04. The van der Waals surface area contributed by atoms with Gasteiger partial charge in [0.05, 0.1) is 21.6 Å². The molecule has 0 bridgehead atoms. The molecule has 1 N–H and O–H groups in total. The zero-order valence-corrected chi connectivity index (χ0v) is 18.0. The van der Waals surface area contributed by atoms with Crippen LogP contribution in [0.15, 0.2) is 17.1 Å². The lowest BCUT2D eigenvalue weighted by Gasteiger charge is -2.32. The second kappa shape index (κ2) is 7.73. The second-order valence-electron chi connectivity index (χ2n) is 8.27. The van der Waals surface area contributed by atoms with E-state index < -0.39 is 17.2 Å². The number of carboxylic acids is 1. The lowest BCUT2D eigenvalue weighted by atomic mass is 10.1. The number of hydrogen-bond donors (Lipinski definition) is 1. The second-order valence-corrected chi connectivity index (χ2v) is 9.87. The maximum Gasteiger partial charge on any atom is 0.341 e. The summed E-state index contributed by atoms with van der Waals surface area (Å²) >= 11 is 8.70. The molecule has 9 heteroatoms. The smallest absolute Gasteiger partial charge is 0.341 e. The van der Waals surface area contributed by atoms with Crippen LogP contribution in [-0.2, 0) is 0 Å². The first kappa shape index (κ1) is 20.2. The van der Waals surface area contributed by atoms with E-state index in [1.54, 1.807) is 4.57 Å². The summed E-state index contributed by atoms with van der Waals surface area (Å²) in [5.74, 6) is 0.380. The molecule has 0 spiro atoms. The van der Waals surface area contributed by atoms with Crippen LogP contribution in [0.2, 0.25) is 5.02 Å². The normalized spacial score (nSPS) is 22.7. The molecular formula is C21H23ClFN3O3S. The average molecular weight is 452 g/mol. The Bertz CT molecular complexity index is 1080. The first-order chi connectivity index (χ1) is 14.5. The van der Waals surface area contributed by atoms with Crippen molar-refractivity contribution < 1.29 is 14.3 Å². The topological polar surface area (TPSA) is 65.8 Å². The number of halogens is 2. The van der Waals surface area contributed by atoms with Gasteiger partial charge >= 0.3 is 5.97 Å². The quantitative estimate of drug-likeness (QED) is 0.768. The Morgan fingerprint density at radius 3 is 2.57 bits per heavy atom. The maximum absolute atomic E-state index is 15.2. The number of carboxylic acid groups (broad SMARTS) is 1. The van der Waals surface area contributed by atoms with Crippen LogP contribution in [0, 0.1) is 5.82 Å². The van der Waals surface area contributed by atoms with Gasteiger partial charge in [-0.1, -0.05) is 11.6 Å². The van der Waals surface area contributed by atoms with Gasteiger partial charge in [0.2, 0.25) is 5.43 Å². The fraction of sp³-hybridized carbons (Fsp3) is 0.524. The van der Waals surface area contributed by atoms with E-state index in [-0.39, 0.29) is 22.0 Å². The number of fused-ring (bicyclic) bond motifs is 1. The molecular weight excluding hydrogens is 429 g/mol. The van der Waals surface area contributed by atoms with Crippen molar-refractivity contribution in [1.29, 1.82) is 0 Å². The Kier molecular flexibility index (Phi) is 5.19. The average Bonchev–Trinajstić information content (AvgIpc) is 3.46. The number of benzene rings is 1. The van der Waals surface area contributed by atoms with Gasteiger partial charge < -0.3 is 14.6 Å². The molecule has 1 atom stereocenters. The van der Waals surface area contributed by atoms with E-state index in [4.69, 9.17) is 11.6 Å². The fourth-order valence-electron chi connectivity index (χ4n) is 4.70. The van der Waals surface area contributed by atoms with Crippen molar-refractivity contribution in [2.75, 3.05) is 42.6 Å². The third kappa shape index (κ3) is 3.39. The SMILES string of the molecule is O=C(O)c1cn(C2CC2)c2c(Cl)c(N3CCC(N4CCSCC4)C3)c(F)cc2c1=O. The highest BCUT2D eigenvalue weighted by molar-refractivity contribution is 7.99. The molecule has 1 aliphatic carbocycles. The summed E-state index contributed by atoms with van der Waals surface area (Å²) in [6.45, 7) is 3.51. The monoisotopic (exact) mass is 451 g/mol. The molecule has 2 saturated heterocycles. The van der Waals surface area contributed by atoms with Crippen molar-refractivity contribution >= 4 is 45.9 Å². The molecule has 1 aromatic carbocycles. The number of anilines is 1. The third-order valence-electron chi connectivity index (χ3n) is 6.40. The van der Waals surface area contributed by atoms with Crippen LogP contribution in [0.4, 0.5) is 10.1 Å². The van der Waals surface area contributed by atoms with Crippen LogP contribution in [0.5, 0.6) is 0 Å². The van der Waals surface area contributed by atoms with Crippen LogP contribution >= 0.6 is 23.4 Å². The van der Waals surface area contributed by atoms with E-state index in [0.717, 1.165) is 43.9 Å². The molecule has 160 valence electrons. The highest BCUT2D eigenvalue weighted by atomic mass is 35.5. The van der Waals surface area contributed by atoms with Crippen LogP contribution in [-0.4, -0.2) is 64.3 Å². The van der Waals surface area contributed by atoms with Crippen LogP contribution < -0.4 is 10.3 Å². The highest BCUT2D eigenvalue weighted by Crippen LogP contribution is 2.42. The van der Waals surface area contributed by atoms with Crippen molar-refractivity contribution in [3.63, 3.8) is 0 Å². The molecule has 3 aliphatic rings. The molecule has 1 unspecified atom stereocenters. The molecule has 1 saturated carbocycles. The summed E-state index contributed by atoms with van der Waals surface area (Å²) in [6.07, 6.45) is 4.10. The maximum atomic E-state index is 15.2. The molecule has 30 heavy (non-hydrogen) atoms. The zero-order valence-electron chi connectivity index (χ0n) is 16.4. The summed E-state index contributed by atoms with van der Waals surface area (Å²) < 4.78 is 17.0. The summed E-state index contributed by atoms with van der Waals surface area (Å²) in [5, 5.41) is 9.66. The zero-order chi connectivity index (χ0) is 21.0. The number of carbonyl (C=O) groups is 1. The first-order valence-corrected chi connectivity index (χ1v) is 11.9. The number of nitrogens with zero attached hydrogens (tertiary/aromatic N) is 3. The predicted octanol–water partition coefficient (Wildman–Crippen LogP) is 3.45. The van der Waals surface area contributed by atoms with E-state index in [2.05, 4.69) is 4.90 Å². The number of aromatic nitrogens is 1. The first-order valence-electron chi connectivity index (χ1n) is 10.3. The van der Waals surface area contributed by atoms with Gasteiger partial charge in [-0.25, -0.2) is 9.18 Å². The molecule has 3 fully saturated rings.